The Morgan fingerprint density at radius 3 is 2.09 bits per heavy atom. The number of carbonyl (C=O) groups is 1. The number of aryl methyl sites for hydroxylation is 1. The van der Waals surface area contributed by atoms with Crippen LogP contribution in [-0.2, 0) is 10.9 Å². The quantitative estimate of drug-likeness (QED) is 0.118. The average molecular weight is 711 g/mol. The number of halogens is 4. The first kappa shape index (κ1) is 34.7. The van der Waals surface area contributed by atoms with E-state index in [2.05, 4.69) is 55.6 Å². The van der Waals surface area contributed by atoms with Gasteiger partial charge in [-0.05, 0) is 6.07 Å². The fraction of sp³-hybridized carbons (Fsp3) is 0.457. The van der Waals surface area contributed by atoms with E-state index in [9.17, 15) is 18.0 Å². The van der Waals surface area contributed by atoms with Crippen LogP contribution in [0.2, 0.25) is 0 Å². The molecule has 2 unspecified atom stereocenters. The number of ether oxygens (including phenoxy) is 2. The van der Waals surface area contributed by atoms with Crippen molar-refractivity contribution in [2.75, 3.05) is 11.9 Å². The summed E-state index contributed by atoms with van der Waals surface area (Å²) in [7, 11) is 0. The zero-order chi connectivity index (χ0) is 31.1. The number of alkyl halides is 3. The standard InChI is InChI=1S/C35H44F3INO3/c1-4-5-6-7-8-9-10-11-13-27(3)33(43-34(41)40-31-15-12-14-28(24-31)35(36,37)38)25-42-32-22-20-30(21-23-32)39-29-18-16-26(2)17-19-29/h12,14-24,27,33H,4-11,13,25H2,1-3H3,(H,40,41)/q-1. The molecule has 236 valence electrons. The van der Waals surface area contributed by atoms with E-state index in [1.54, 1.807) is 0 Å². The topological polar surface area (TPSA) is 47.6 Å². The van der Waals surface area contributed by atoms with Crippen molar-refractivity contribution in [3.63, 3.8) is 0 Å². The van der Waals surface area contributed by atoms with E-state index < -0.39 is 23.9 Å². The Morgan fingerprint density at radius 1 is 0.860 bits per heavy atom. The Labute approximate surface area is 265 Å². The number of rotatable bonds is 17. The summed E-state index contributed by atoms with van der Waals surface area (Å²) in [6.45, 7) is 6.48. The second kappa shape index (κ2) is 18.1. The fourth-order valence-electron chi connectivity index (χ4n) is 4.65. The van der Waals surface area contributed by atoms with E-state index in [4.69, 9.17) is 9.47 Å². The Morgan fingerprint density at radius 2 is 1.47 bits per heavy atom. The van der Waals surface area contributed by atoms with Gasteiger partial charge in [0.15, 0.2) is 0 Å². The van der Waals surface area contributed by atoms with Crippen LogP contribution in [0.25, 0.3) is 0 Å². The minimum absolute atomic E-state index is 0.0130. The van der Waals surface area contributed by atoms with Crippen LogP contribution >= 0.6 is 0 Å². The zero-order valence-corrected chi connectivity index (χ0v) is 27.5. The van der Waals surface area contributed by atoms with Gasteiger partial charge in [0, 0.05) is 0 Å². The molecule has 0 aliphatic rings. The molecule has 0 heterocycles. The van der Waals surface area contributed by atoms with Gasteiger partial charge in [0.1, 0.15) is 0 Å². The van der Waals surface area contributed by atoms with Gasteiger partial charge in [0.2, 0.25) is 0 Å². The van der Waals surface area contributed by atoms with Gasteiger partial charge in [-0.3, -0.25) is 0 Å². The van der Waals surface area contributed by atoms with Crippen molar-refractivity contribution in [3.05, 3.63) is 91.1 Å². The minimum Gasteiger partial charge on any atom is -0.166 e. The van der Waals surface area contributed by atoms with Crippen LogP contribution in [0.15, 0.2) is 72.8 Å². The molecule has 0 saturated carbocycles. The average Bonchev–Trinajstić information content (AvgIpc) is 2.98. The molecule has 3 aromatic rings. The molecule has 2 atom stereocenters. The summed E-state index contributed by atoms with van der Waals surface area (Å²) >= 11 is -0.296. The van der Waals surface area contributed by atoms with Crippen LogP contribution in [0.3, 0.4) is 0 Å². The van der Waals surface area contributed by atoms with Gasteiger partial charge in [-0.2, -0.15) is 13.2 Å². The molecule has 0 fully saturated rings. The van der Waals surface area contributed by atoms with E-state index in [1.165, 1.54) is 63.4 Å². The monoisotopic (exact) mass is 710 g/mol. The van der Waals surface area contributed by atoms with Crippen molar-refractivity contribution in [3.8, 4) is 5.75 Å². The Kier molecular flexibility index (Phi) is 14.7. The first-order valence-electron chi connectivity index (χ1n) is 15.2. The zero-order valence-electron chi connectivity index (χ0n) is 25.4. The molecular weight excluding hydrogens is 666 g/mol. The summed E-state index contributed by atoms with van der Waals surface area (Å²) in [5, 5.41) is 2.46. The van der Waals surface area contributed by atoms with Crippen LogP contribution in [0.5, 0.6) is 5.75 Å². The number of nitrogens with one attached hydrogen (secondary N) is 1. The fourth-order valence-corrected chi connectivity index (χ4v) is 6.81. The predicted molar refractivity (Wildman–Crippen MR) is 162 cm³/mol. The van der Waals surface area contributed by atoms with E-state index in [0.717, 1.165) is 31.4 Å². The number of carbonyl (C=O) groups excluding carboxylic acids is 1. The van der Waals surface area contributed by atoms with Crippen LogP contribution in [-0.4, -0.2) is 18.8 Å². The SMILES string of the molecule is CCCCCCCCCCC(C)C(COc1ccc([I-]c2ccc(C)cc2)cc1)OC(=O)Nc1cccc(C(F)(F)F)c1. The number of hydrogen-bond donors (Lipinski definition) is 1. The molecule has 0 aliphatic carbocycles. The first-order chi connectivity index (χ1) is 20.6. The van der Waals surface area contributed by atoms with Crippen molar-refractivity contribution < 1.29 is 48.6 Å². The third-order valence-electron chi connectivity index (χ3n) is 7.30. The normalized spacial score (nSPS) is 13.0. The second-order valence-electron chi connectivity index (χ2n) is 11.0. The van der Waals surface area contributed by atoms with E-state index in [-0.39, 0.29) is 39.4 Å². The third kappa shape index (κ3) is 13.2. The number of anilines is 1. The van der Waals surface area contributed by atoms with Gasteiger partial charge >= 0.3 is 196 Å². The van der Waals surface area contributed by atoms with Crippen molar-refractivity contribution in [2.45, 2.75) is 90.8 Å². The first-order valence-corrected chi connectivity index (χ1v) is 17.4. The van der Waals surface area contributed by atoms with Gasteiger partial charge in [0.05, 0.1) is 5.56 Å². The number of amides is 1. The number of hydrogen-bond acceptors (Lipinski definition) is 3. The molecule has 0 aliphatic heterocycles. The summed E-state index contributed by atoms with van der Waals surface area (Å²) < 4.78 is 53.8. The van der Waals surface area contributed by atoms with Crippen molar-refractivity contribution in [1.82, 2.24) is 0 Å². The van der Waals surface area contributed by atoms with Crippen LogP contribution in [0, 0.1) is 20.0 Å². The summed E-state index contributed by atoms with van der Waals surface area (Å²) in [6, 6.07) is 21.2. The molecule has 0 radical (unpaired) electrons. The Bertz CT molecular complexity index is 1230. The molecule has 8 heteroatoms. The second-order valence-corrected chi connectivity index (χ2v) is 14.1. The number of unbranched alkanes of at least 4 members (excludes halogenated alkanes) is 7. The molecule has 3 rings (SSSR count). The van der Waals surface area contributed by atoms with Crippen LogP contribution in [0.4, 0.5) is 23.7 Å². The summed E-state index contributed by atoms with van der Waals surface area (Å²) in [4.78, 5) is 12.8. The Balaban J connectivity index is 1.57. The molecule has 43 heavy (non-hydrogen) atoms. The van der Waals surface area contributed by atoms with Gasteiger partial charge in [-0.1, -0.05) is 45.1 Å². The smallest absolute Gasteiger partial charge is 0.166 e. The Hall–Kier alpha value is -2.75. The van der Waals surface area contributed by atoms with Crippen LogP contribution in [0.1, 0.15) is 82.8 Å². The summed E-state index contributed by atoms with van der Waals surface area (Å²) in [5.74, 6) is 0.696. The summed E-state index contributed by atoms with van der Waals surface area (Å²) in [5.41, 5.74) is 0.442. The molecule has 4 nitrogen and oxygen atoms in total. The van der Waals surface area contributed by atoms with E-state index in [0.29, 0.717) is 5.75 Å². The third-order valence-corrected chi connectivity index (χ3v) is 9.98. The molecule has 1 amide bonds. The minimum atomic E-state index is -4.50. The summed E-state index contributed by atoms with van der Waals surface area (Å²) in [6.07, 6.45) is 4.64. The predicted octanol–water partition coefficient (Wildman–Crippen LogP) is 7.31. The van der Waals surface area contributed by atoms with Gasteiger partial charge in [0.25, 0.3) is 0 Å². The van der Waals surface area contributed by atoms with Crippen molar-refractivity contribution in [2.24, 2.45) is 5.92 Å². The maximum absolute atomic E-state index is 13.1. The molecule has 3 aromatic carbocycles. The van der Waals surface area contributed by atoms with Crippen molar-refractivity contribution in [1.29, 1.82) is 0 Å². The maximum atomic E-state index is 13.1. The van der Waals surface area contributed by atoms with E-state index >= 15 is 0 Å². The van der Waals surface area contributed by atoms with Gasteiger partial charge < -0.3 is 0 Å². The number of benzene rings is 3. The van der Waals surface area contributed by atoms with Gasteiger partial charge in [-0.25, -0.2) is 0 Å². The molecule has 0 saturated heterocycles. The van der Waals surface area contributed by atoms with Crippen LogP contribution < -0.4 is 31.3 Å². The molecule has 0 spiro atoms. The van der Waals surface area contributed by atoms with Crippen molar-refractivity contribution >= 4 is 11.8 Å². The van der Waals surface area contributed by atoms with E-state index in [1.807, 2.05) is 19.1 Å². The molecular formula is C35H44F3INO3-. The molecule has 0 aromatic heterocycles. The van der Waals surface area contributed by atoms with Gasteiger partial charge in [-0.15, -0.1) is 0 Å². The molecule has 0 bridgehead atoms. The molecule has 1 N–H and O–H groups in total.